The summed E-state index contributed by atoms with van der Waals surface area (Å²) in [5, 5.41) is 8.94. The third-order valence-corrected chi connectivity index (χ3v) is 3.34. The molecule has 0 saturated carbocycles. The number of carboxylic acids is 1. The largest absolute Gasteiger partial charge is 0.489 e. The fraction of sp³-hybridized carbons (Fsp3) is 0.500. The molecule has 1 aliphatic heterocycles. The summed E-state index contributed by atoms with van der Waals surface area (Å²) < 4.78 is 18.9. The van der Waals surface area contributed by atoms with Gasteiger partial charge in [0.1, 0.15) is 6.61 Å². The Kier molecular flexibility index (Phi) is 4.74. The Bertz CT molecular complexity index is 432. The molecule has 1 N–H and O–H groups in total. The van der Waals surface area contributed by atoms with E-state index in [0.717, 1.165) is 25.9 Å². The van der Waals surface area contributed by atoms with E-state index in [0.29, 0.717) is 0 Å². The molecule has 1 atom stereocenters. The van der Waals surface area contributed by atoms with E-state index in [1.807, 2.05) is 0 Å². The highest BCUT2D eigenvalue weighted by Crippen LogP contribution is 2.19. The van der Waals surface area contributed by atoms with Crippen LogP contribution in [0.25, 0.3) is 0 Å². The third kappa shape index (κ3) is 3.92. The van der Waals surface area contributed by atoms with Crippen LogP contribution in [0.2, 0.25) is 0 Å². The number of para-hydroxylation sites is 1. The Morgan fingerprint density at radius 1 is 1.37 bits per heavy atom. The Labute approximate surface area is 111 Å². The predicted molar refractivity (Wildman–Crippen MR) is 68.7 cm³/mol. The second-order valence-corrected chi connectivity index (χ2v) is 4.74. The molecule has 2 rings (SSSR count). The standard InChI is InChI=1S/C14H18FNO3/c15-12-5-1-2-6-13(12)19-10-11(9-14(17)18)16-7-3-4-8-16/h1-2,5-6,11H,3-4,7-10H2,(H,17,18). The van der Waals surface area contributed by atoms with Gasteiger partial charge in [0, 0.05) is 0 Å². The third-order valence-electron chi connectivity index (χ3n) is 3.34. The lowest BCUT2D eigenvalue weighted by Gasteiger charge is -2.26. The molecule has 5 heteroatoms. The number of aliphatic carboxylic acids is 1. The van der Waals surface area contributed by atoms with Crippen molar-refractivity contribution < 1.29 is 19.0 Å². The van der Waals surface area contributed by atoms with Gasteiger partial charge in [-0.15, -0.1) is 0 Å². The SMILES string of the molecule is O=C(O)CC(COc1ccccc1F)N1CCCC1. The van der Waals surface area contributed by atoms with Crippen molar-refractivity contribution in [3.63, 3.8) is 0 Å². The van der Waals surface area contributed by atoms with Gasteiger partial charge >= 0.3 is 5.97 Å². The fourth-order valence-electron chi connectivity index (χ4n) is 2.35. The quantitative estimate of drug-likeness (QED) is 0.858. The average molecular weight is 267 g/mol. The summed E-state index contributed by atoms with van der Waals surface area (Å²) in [4.78, 5) is 13.0. The summed E-state index contributed by atoms with van der Waals surface area (Å²) in [5.74, 6) is -1.09. The van der Waals surface area contributed by atoms with Gasteiger partial charge in [-0.2, -0.15) is 0 Å². The molecule has 1 heterocycles. The Morgan fingerprint density at radius 2 is 2.05 bits per heavy atom. The summed E-state index contributed by atoms with van der Waals surface area (Å²) in [6, 6.07) is 5.98. The first kappa shape index (κ1) is 13.8. The fourth-order valence-corrected chi connectivity index (χ4v) is 2.35. The van der Waals surface area contributed by atoms with Gasteiger partial charge in [-0.05, 0) is 38.1 Å². The summed E-state index contributed by atoms with van der Waals surface area (Å²) in [7, 11) is 0. The minimum Gasteiger partial charge on any atom is -0.489 e. The van der Waals surface area contributed by atoms with Crippen LogP contribution in [0.15, 0.2) is 24.3 Å². The van der Waals surface area contributed by atoms with Crippen molar-refractivity contribution in [3.05, 3.63) is 30.1 Å². The second kappa shape index (κ2) is 6.52. The Morgan fingerprint density at radius 3 is 2.68 bits per heavy atom. The molecule has 4 nitrogen and oxygen atoms in total. The van der Waals surface area contributed by atoms with Crippen LogP contribution in [0.3, 0.4) is 0 Å². The van der Waals surface area contributed by atoms with Gasteiger partial charge in [0.05, 0.1) is 12.5 Å². The molecule has 0 bridgehead atoms. The van der Waals surface area contributed by atoms with Crippen LogP contribution in [-0.2, 0) is 4.79 Å². The molecular formula is C14H18FNO3. The zero-order chi connectivity index (χ0) is 13.7. The molecule has 0 radical (unpaired) electrons. The maximum absolute atomic E-state index is 13.4. The van der Waals surface area contributed by atoms with Crippen LogP contribution in [0.5, 0.6) is 5.75 Å². The van der Waals surface area contributed by atoms with Crippen LogP contribution >= 0.6 is 0 Å². The first-order valence-corrected chi connectivity index (χ1v) is 6.50. The molecule has 0 aliphatic carbocycles. The lowest BCUT2D eigenvalue weighted by Crippen LogP contribution is -2.39. The molecule has 1 aliphatic rings. The van der Waals surface area contributed by atoms with Crippen molar-refractivity contribution in [1.29, 1.82) is 0 Å². The smallest absolute Gasteiger partial charge is 0.305 e. The molecule has 1 fully saturated rings. The average Bonchev–Trinajstić information content (AvgIpc) is 2.89. The van der Waals surface area contributed by atoms with Gasteiger partial charge in [-0.1, -0.05) is 12.1 Å². The first-order chi connectivity index (χ1) is 9.16. The van der Waals surface area contributed by atoms with Gasteiger partial charge in [-0.25, -0.2) is 4.39 Å². The number of rotatable bonds is 6. The van der Waals surface area contributed by atoms with Gasteiger partial charge in [0.25, 0.3) is 0 Å². The number of hydrogen-bond acceptors (Lipinski definition) is 3. The monoisotopic (exact) mass is 267 g/mol. The van der Waals surface area contributed by atoms with E-state index in [2.05, 4.69) is 4.90 Å². The highest BCUT2D eigenvalue weighted by atomic mass is 19.1. The molecular weight excluding hydrogens is 249 g/mol. The van der Waals surface area contributed by atoms with Crippen molar-refractivity contribution in [3.8, 4) is 5.75 Å². The number of likely N-dealkylation sites (tertiary alicyclic amines) is 1. The first-order valence-electron chi connectivity index (χ1n) is 6.50. The number of carboxylic acid groups (broad SMARTS) is 1. The lowest BCUT2D eigenvalue weighted by atomic mass is 10.2. The molecule has 19 heavy (non-hydrogen) atoms. The number of halogens is 1. The Balaban J connectivity index is 1.96. The van der Waals surface area contributed by atoms with E-state index >= 15 is 0 Å². The van der Waals surface area contributed by atoms with Gasteiger partial charge in [0.15, 0.2) is 11.6 Å². The van der Waals surface area contributed by atoms with Crippen LogP contribution < -0.4 is 4.74 Å². The zero-order valence-corrected chi connectivity index (χ0v) is 10.7. The van der Waals surface area contributed by atoms with E-state index < -0.39 is 11.8 Å². The summed E-state index contributed by atoms with van der Waals surface area (Å²) in [5.41, 5.74) is 0. The Hall–Kier alpha value is -1.62. The van der Waals surface area contributed by atoms with Gasteiger partial charge in [0.2, 0.25) is 0 Å². The molecule has 1 unspecified atom stereocenters. The predicted octanol–water partition coefficient (Wildman–Crippen LogP) is 2.14. The number of hydrogen-bond donors (Lipinski definition) is 1. The van der Waals surface area contributed by atoms with Crippen LogP contribution in [0.4, 0.5) is 4.39 Å². The number of nitrogens with zero attached hydrogens (tertiary/aromatic N) is 1. The highest BCUT2D eigenvalue weighted by molar-refractivity contribution is 5.67. The van der Waals surface area contributed by atoms with Crippen LogP contribution in [-0.4, -0.2) is 41.7 Å². The van der Waals surface area contributed by atoms with E-state index in [9.17, 15) is 9.18 Å². The molecule has 1 aromatic carbocycles. The van der Waals surface area contributed by atoms with E-state index in [1.54, 1.807) is 18.2 Å². The minimum absolute atomic E-state index is 0.0223. The van der Waals surface area contributed by atoms with Crippen molar-refractivity contribution in [2.24, 2.45) is 0 Å². The molecule has 0 amide bonds. The molecule has 104 valence electrons. The second-order valence-electron chi connectivity index (χ2n) is 4.74. The van der Waals surface area contributed by atoms with E-state index in [1.165, 1.54) is 6.07 Å². The topological polar surface area (TPSA) is 49.8 Å². The van der Waals surface area contributed by atoms with Crippen molar-refractivity contribution in [2.45, 2.75) is 25.3 Å². The lowest BCUT2D eigenvalue weighted by molar-refractivity contribution is -0.138. The molecule has 0 aromatic heterocycles. The normalized spacial score (nSPS) is 17.3. The van der Waals surface area contributed by atoms with E-state index in [4.69, 9.17) is 9.84 Å². The minimum atomic E-state index is -0.853. The van der Waals surface area contributed by atoms with Crippen molar-refractivity contribution in [2.75, 3.05) is 19.7 Å². The summed E-state index contributed by atoms with van der Waals surface area (Å²) in [6.07, 6.45) is 2.18. The zero-order valence-electron chi connectivity index (χ0n) is 10.7. The maximum atomic E-state index is 13.4. The number of carbonyl (C=O) groups is 1. The molecule has 1 saturated heterocycles. The summed E-state index contributed by atoms with van der Waals surface area (Å²) in [6.45, 7) is 1.98. The van der Waals surface area contributed by atoms with E-state index in [-0.39, 0.29) is 24.8 Å². The van der Waals surface area contributed by atoms with Gasteiger partial charge in [-0.3, -0.25) is 9.69 Å². The van der Waals surface area contributed by atoms with Crippen molar-refractivity contribution in [1.82, 2.24) is 4.90 Å². The van der Waals surface area contributed by atoms with Crippen molar-refractivity contribution >= 4 is 5.97 Å². The van der Waals surface area contributed by atoms with Crippen LogP contribution in [0, 0.1) is 5.82 Å². The van der Waals surface area contributed by atoms with Crippen LogP contribution in [0.1, 0.15) is 19.3 Å². The molecule has 0 spiro atoms. The maximum Gasteiger partial charge on any atom is 0.305 e. The molecule has 1 aromatic rings. The summed E-state index contributed by atoms with van der Waals surface area (Å²) >= 11 is 0. The number of ether oxygens (including phenoxy) is 1. The highest BCUT2D eigenvalue weighted by Gasteiger charge is 2.25. The van der Waals surface area contributed by atoms with Gasteiger partial charge < -0.3 is 9.84 Å². The number of benzene rings is 1.